The number of aliphatic carboxylic acids is 1. The maximum absolute atomic E-state index is 14.4. The fourth-order valence-corrected chi connectivity index (χ4v) is 6.10. The van der Waals surface area contributed by atoms with Crippen LogP contribution in [-0.4, -0.2) is 32.1 Å². The van der Waals surface area contributed by atoms with Crippen LogP contribution in [0.15, 0.2) is 65.6 Å². The molecule has 0 amide bonds. The molecule has 206 valence electrons. The first-order valence-corrected chi connectivity index (χ1v) is 13.4. The van der Waals surface area contributed by atoms with Gasteiger partial charge >= 0.3 is 12.1 Å². The molecule has 1 aliphatic heterocycles. The zero-order valence-corrected chi connectivity index (χ0v) is 21.9. The molecule has 0 aromatic heterocycles. The van der Waals surface area contributed by atoms with Crippen LogP contribution in [0.5, 0.6) is 5.75 Å². The molecule has 0 fully saturated rings. The maximum atomic E-state index is 14.4. The second-order valence-corrected chi connectivity index (χ2v) is 11.2. The van der Waals surface area contributed by atoms with Gasteiger partial charge in [-0.25, -0.2) is 12.8 Å². The molecule has 0 aliphatic carbocycles. The van der Waals surface area contributed by atoms with Crippen molar-refractivity contribution in [3.05, 3.63) is 88.2 Å². The highest BCUT2D eigenvalue weighted by Gasteiger charge is 2.37. The van der Waals surface area contributed by atoms with Crippen molar-refractivity contribution in [1.82, 2.24) is 0 Å². The molecule has 12 heteroatoms. The third-order valence-corrected chi connectivity index (χ3v) is 8.18. The molecule has 1 N–H and O–H groups in total. The average molecular weight is 584 g/mol. The number of nitrogens with zero attached hydrogens (tertiary/aromatic N) is 1. The summed E-state index contributed by atoms with van der Waals surface area (Å²) in [4.78, 5) is 10.5. The fraction of sp³-hybridized carbons (Fsp3) is 0.222. The molecular formula is C27H22ClF4NO5S. The summed E-state index contributed by atoms with van der Waals surface area (Å²) in [7, 11) is -4.54. The molecule has 0 bridgehead atoms. The van der Waals surface area contributed by atoms with E-state index in [0.29, 0.717) is 17.2 Å². The quantitative estimate of drug-likeness (QED) is 0.242. The Balaban J connectivity index is 1.80. The van der Waals surface area contributed by atoms with Crippen molar-refractivity contribution in [2.45, 2.75) is 36.9 Å². The van der Waals surface area contributed by atoms with Crippen molar-refractivity contribution in [3.8, 4) is 5.75 Å². The fourth-order valence-electron chi connectivity index (χ4n) is 4.24. The molecule has 1 heterocycles. The van der Waals surface area contributed by atoms with E-state index in [-0.39, 0.29) is 41.4 Å². The van der Waals surface area contributed by atoms with Crippen LogP contribution in [0, 0.1) is 5.82 Å². The van der Waals surface area contributed by atoms with Gasteiger partial charge in [0.25, 0.3) is 10.0 Å². The molecule has 1 aliphatic rings. The van der Waals surface area contributed by atoms with Crippen LogP contribution < -0.4 is 9.04 Å². The summed E-state index contributed by atoms with van der Waals surface area (Å²) >= 11 is 6.16. The summed E-state index contributed by atoms with van der Waals surface area (Å²) in [6, 6.07) is 12.1. The zero-order valence-electron chi connectivity index (χ0n) is 20.4. The number of carboxylic acids is 1. The van der Waals surface area contributed by atoms with Gasteiger partial charge in [0.05, 0.1) is 27.7 Å². The van der Waals surface area contributed by atoms with Gasteiger partial charge in [0.2, 0.25) is 0 Å². The minimum absolute atomic E-state index is 0.0318. The molecule has 0 spiro atoms. The van der Waals surface area contributed by atoms with Gasteiger partial charge in [-0.05, 0) is 66.9 Å². The summed E-state index contributed by atoms with van der Waals surface area (Å²) in [5.41, 5.74) is -0.0344. The third kappa shape index (κ3) is 6.20. The van der Waals surface area contributed by atoms with Gasteiger partial charge in [0.1, 0.15) is 17.7 Å². The minimum atomic E-state index is -4.76. The average Bonchev–Trinajstić information content (AvgIpc) is 2.86. The number of fused-ring (bicyclic) bond motifs is 1. The lowest BCUT2D eigenvalue weighted by Crippen LogP contribution is -2.43. The second kappa shape index (κ2) is 10.9. The zero-order chi connectivity index (χ0) is 28.5. The predicted octanol–water partition coefficient (Wildman–Crippen LogP) is 6.88. The Hall–Kier alpha value is -3.57. The van der Waals surface area contributed by atoms with E-state index in [2.05, 4.69) is 0 Å². The number of allylic oxidation sites excluding steroid dienone is 1. The summed E-state index contributed by atoms with van der Waals surface area (Å²) in [6.07, 6.45) is -4.39. The molecule has 0 saturated carbocycles. The van der Waals surface area contributed by atoms with E-state index in [4.69, 9.17) is 21.4 Å². The number of halogens is 5. The lowest BCUT2D eigenvalue weighted by Gasteiger charge is -2.35. The molecule has 0 saturated heterocycles. The molecule has 6 nitrogen and oxygen atoms in total. The number of ether oxygens (including phenoxy) is 1. The predicted molar refractivity (Wildman–Crippen MR) is 139 cm³/mol. The van der Waals surface area contributed by atoms with E-state index in [1.165, 1.54) is 30.3 Å². The van der Waals surface area contributed by atoms with Gasteiger partial charge in [-0.3, -0.25) is 9.10 Å². The van der Waals surface area contributed by atoms with E-state index in [1.54, 1.807) is 19.1 Å². The second-order valence-electron chi connectivity index (χ2n) is 8.89. The number of sulfonamides is 1. The molecule has 3 aromatic rings. The third-order valence-electron chi connectivity index (χ3n) is 6.08. The number of carbonyl (C=O) groups is 1. The van der Waals surface area contributed by atoms with Crippen LogP contribution in [-0.2, 0) is 21.0 Å². The lowest BCUT2D eigenvalue weighted by molar-refractivity contribution is -0.138. The highest BCUT2D eigenvalue weighted by molar-refractivity contribution is 7.92. The highest BCUT2D eigenvalue weighted by Crippen LogP contribution is 2.40. The Bertz CT molecular complexity index is 1540. The first-order chi connectivity index (χ1) is 18.3. The monoisotopic (exact) mass is 583 g/mol. The van der Waals surface area contributed by atoms with Gasteiger partial charge in [0, 0.05) is 12.0 Å². The van der Waals surface area contributed by atoms with E-state index in [1.807, 2.05) is 0 Å². The SMILES string of the molecule is CC(=Cc1ccc2c(c1)N(S(=O)(=O)c1cccc(C(F)(F)F)c1)CC(CCC(=O)O)O2)c1c(F)cccc1Cl. The number of anilines is 1. The Morgan fingerprint density at radius 2 is 1.87 bits per heavy atom. The van der Waals surface area contributed by atoms with Crippen molar-refractivity contribution >= 4 is 44.9 Å². The first kappa shape index (κ1) is 28.4. The summed E-state index contributed by atoms with van der Waals surface area (Å²) in [6.45, 7) is 1.30. The first-order valence-electron chi connectivity index (χ1n) is 11.6. The molecule has 1 unspecified atom stereocenters. The van der Waals surface area contributed by atoms with E-state index < -0.39 is 44.5 Å². The van der Waals surface area contributed by atoms with Crippen molar-refractivity contribution in [3.63, 3.8) is 0 Å². The Kier molecular flexibility index (Phi) is 7.94. The van der Waals surface area contributed by atoms with Crippen LogP contribution in [0.3, 0.4) is 0 Å². The number of carboxylic acid groups (broad SMARTS) is 1. The molecule has 3 aromatic carbocycles. The molecule has 39 heavy (non-hydrogen) atoms. The van der Waals surface area contributed by atoms with Crippen molar-refractivity contribution < 1.29 is 40.6 Å². The van der Waals surface area contributed by atoms with E-state index in [9.17, 15) is 30.8 Å². The number of rotatable bonds is 7. The van der Waals surface area contributed by atoms with E-state index >= 15 is 0 Å². The molecular weight excluding hydrogens is 562 g/mol. The highest BCUT2D eigenvalue weighted by atomic mass is 35.5. The number of benzene rings is 3. The van der Waals surface area contributed by atoms with Crippen molar-refractivity contribution in [1.29, 1.82) is 0 Å². The topological polar surface area (TPSA) is 83.9 Å². The standard InChI is InChI=1S/C27H22ClF4NO5S/c1-16(26-21(28)6-3-7-22(26)29)12-17-8-10-24-23(13-17)33(15-19(38-24)9-11-25(34)35)39(36,37)20-5-2-4-18(14-20)27(30,31)32/h2-8,10,12-14,19H,9,11,15H2,1H3,(H,34,35). The summed E-state index contributed by atoms with van der Waals surface area (Å²) in [5, 5.41) is 9.25. The normalized spacial score (nSPS) is 16.0. The summed E-state index contributed by atoms with van der Waals surface area (Å²) < 4.78 is 88.5. The van der Waals surface area contributed by atoms with Crippen LogP contribution in [0.4, 0.5) is 23.2 Å². The van der Waals surface area contributed by atoms with E-state index in [0.717, 1.165) is 22.5 Å². The minimum Gasteiger partial charge on any atom is -0.486 e. The Labute approximate surface area is 227 Å². The molecule has 0 radical (unpaired) electrons. The van der Waals surface area contributed by atoms with Crippen LogP contribution in [0.25, 0.3) is 11.6 Å². The largest absolute Gasteiger partial charge is 0.486 e. The van der Waals surface area contributed by atoms with Crippen LogP contribution >= 0.6 is 11.6 Å². The summed E-state index contributed by atoms with van der Waals surface area (Å²) in [5.74, 6) is -1.56. The van der Waals surface area contributed by atoms with Gasteiger partial charge < -0.3 is 9.84 Å². The van der Waals surface area contributed by atoms with Gasteiger partial charge in [-0.2, -0.15) is 13.2 Å². The number of hydrogen-bond donors (Lipinski definition) is 1. The van der Waals surface area contributed by atoms with Gasteiger partial charge in [0.15, 0.2) is 0 Å². The number of hydrogen-bond acceptors (Lipinski definition) is 4. The van der Waals surface area contributed by atoms with Gasteiger partial charge in [-0.15, -0.1) is 0 Å². The molecule has 4 rings (SSSR count). The van der Waals surface area contributed by atoms with Crippen LogP contribution in [0.2, 0.25) is 5.02 Å². The van der Waals surface area contributed by atoms with Crippen LogP contribution in [0.1, 0.15) is 36.5 Å². The molecule has 1 atom stereocenters. The lowest BCUT2D eigenvalue weighted by atomic mass is 10.0. The van der Waals surface area contributed by atoms with Gasteiger partial charge in [-0.1, -0.05) is 35.9 Å². The Morgan fingerprint density at radius 3 is 2.54 bits per heavy atom. The Morgan fingerprint density at radius 1 is 1.15 bits per heavy atom. The number of alkyl halides is 3. The smallest absolute Gasteiger partial charge is 0.416 e. The maximum Gasteiger partial charge on any atom is 0.416 e. The van der Waals surface area contributed by atoms with Crippen molar-refractivity contribution in [2.75, 3.05) is 10.8 Å². The van der Waals surface area contributed by atoms with Crippen molar-refractivity contribution in [2.24, 2.45) is 0 Å².